The first-order valence-corrected chi connectivity index (χ1v) is 6.04. The Labute approximate surface area is 112 Å². The van der Waals surface area contributed by atoms with Crippen LogP contribution in [-0.2, 0) is 0 Å². The van der Waals surface area contributed by atoms with E-state index in [1.807, 2.05) is 6.92 Å². The van der Waals surface area contributed by atoms with Gasteiger partial charge in [0.25, 0.3) is 5.91 Å². The molecule has 0 spiro atoms. The lowest BCUT2D eigenvalue weighted by molar-refractivity contribution is 0.102. The molecule has 0 aliphatic carbocycles. The molecule has 0 saturated heterocycles. The van der Waals surface area contributed by atoms with Crippen LogP contribution in [-0.4, -0.2) is 10.9 Å². The zero-order chi connectivity index (χ0) is 13.1. The van der Waals surface area contributed by atoms with Crippen LogP contribution in [0.2, 0.25) is 0 Å². The van der Waals surface area contributed by atoms with Gasteiger partial charge in [0.05, 0.1) is 5.69 Å². The Bertz CT molecular complexity index is 601. The highest BCUT2D eigenvalue weighted by Crippen LogP contribution is 2.17. The van der Waals surface area contributed by atoms with Crippen molar-refractivity contribution in [3.05, 3.63) is 58.1 Å². The fraction of sp³-hybridized carbons (Fsp3) is 0.0769. The van der Waals surface area contributed by atoms with E-state index in [1.165, 1.54) is 12.3 Å². The predicted molar refractivity (Wildman–Crippen MR) is 71.0 cm³/mol. The summed E-state index contributed by atoms with van der Waals surface area (Å²) in [5, 5.41) is 2.53. The van der Waals surface area contributed by atoms with Crippen LogP contribution in [0.3, 0.4) is 0 Å². The molecule has 0 atom stereocenters. The van der Waals surface area contributed by atoms with Gasteiger partial charge in [0, 0.05) is 11.8 Å². The van der Waals surface area contributed by atoms with Gasteiger partial charge in [0.2, 0.25) is 0 Å². The quantitative estimate of drug-likeness (QED) is 0.862. The molecule has 0 unspecified atom stereocenters. The Kier molecular flexibility index (Phi) is 3.72. The number of carbonyl (C=O) groups excluding carboxylic acids is 1. The maximum atomic E-state index is 13.5. The monoisotopic (exact) mass is 308 g/mol. The number of rotatable bonds is 2. The van der Waals surface area contributed by atoms with Gasteiger partial charge in [-0.25, -0.2) is 9.37 Å². The van der Waals surface area contributed by atoms with E-state index in [4.69, 9.17) is 0 Å². The van der Waals surface area contributed by atoms with Crippen LogP contribution in [0.5, 0.6) is 0 Å². The van der Waals surface area contributed by atoms with Crippen molar-refractivity contribution in [2.24, 2.45) is 0 Å². The summed E-state index contributed by atoms with van der Waals surface area (Å²) < 4.78 is 14.0. The first kappa shape index (κ1) is 12.7. The lowest BCUT2D eigenvalue weighted by atomic mass is 10.2. The van der Waals surface area contributed by atoms with Gasteiger partial charge in [0.15, 0.2) is 0 Å². The van der Waals surface area contributed by atoms with Gasteiger partial charge < -0.3 is 5.32 Å². The molecule has 0 radical (unpaired) electrons. The number of hydrogen-bond donors (Lipinski definition) is 1. The van der Waals surface area contributed by atoms with Crippen molar-refractivity contribution >= 4 is 27.5 Å². The second-order valence-corrected chi connectivity index (χ2v) is 4.62. The first-order chi connectivity index (χ1) is 8.56. The highest BCUT2D eigenvalue weighted by molar-refractivity contribution is 9.10. The lowest BCUT2D eigenvalue weighted by Gasteiger charge is -2.07. The molecule has 1 aromatic carbocycles. The van der Waals surface area contributed by atoms with Gasteiger partial charge in [-0.05, 0) is 52.7 Å². The molecule has 0 aliphatic heterocycles. The first-order valence-electron chi connectivity index (χ1n) is 5.25. The molecule has 0 aliphatic rings. The van der Waals surface area contributed by atoms with Gasteiger partial charge in [-0.3, -0.25) is 4.79 Å². The molecular weight excluding hydrogens is 299 g/mol. The third kappa shape index (κ3) is 2.92. The average Bonchev–Trinajstić information content (AvgIpc) is 2.34. The minimum absolute atomic E-state index is 0.174. The summed E-state index contributed by atoms with van der Waals surface area (Å²) in [4.78, 5) is 15.8. The zero-order valence-corrected chi connectivity index (χ0v) is 11.2. The Morgan fingerprint density at radius 2 is 2.11 bits per heavy atom. The number of aromatic nitrogens is 1. The number of carbonyl (C=O) groups is 1. The normalized spacial score (nSPS) is 10.2. The van der Waals surface area contributed by atoms with E-state index in [-0.39, 0.29) is 11.6 Å². The summed E-state index contributed by atoms with van der Waals surface area (Å²) >= 11 is 3.18. The fourth-order valence-electron chi connectivity index (χ4n) is 1.47. The van der Waals surface area contributed by atoms with Crippen LogP contribution in [0.15, 0.2) is 41.1 Å². The van der Waals surface area contributed by atoms with Crippen LogP contribution in [0.4, 0.5) is 10.1 Å². The Morgan fingerprint density at radius 1 is 1.33 bits per heavy atom. The van der Waals surface area contributed by atoms with Crippen LogP contribution < -0.4 is 5.32 Å². The van der Waals surface area contributed by atoms with E-state index in [1.54, 1.807) is 24.3 Å². The molecule has 1 N–H and O–H groups in total. The number of hydrogen-bond acceptors (Lipinski definition) is 2. The van der Waals surface area contributed by atoms with Gasteiger partial charge >= 0.3 is 0 Å². The average molecular weight is 309 g/mol. The van der Waals surface area contributed by atoms with E-state index < -0.39 is 5.82 Å². The molecule has 1 heterocycles. The molecule has 1 aromatic heterocycles. The third-order valence-electron chi connectivity index (χ3n) is 2.36. The topological polar surface area (TPSA) is 42.0 Å². The highest BCUT2D eigenvalue weighted by Gasteiger charge is 2.09. The van der Waals surface area contributed by atoms with Crippen molar-refractivity contribution in [3.63, 3.8) is 0 Å². The fourth-order valence-corrected chi connectivity index (χ4v) is 1.84. The molecule has 0 fully saturated rings. The Morgan fingerprint density at radius 3 is 2.83 bits per heavy atom. The third-order valence-corrected chi connectivity index (χ3v) is 2.79. The minimum Gasteiger partial charge on any atom is -0.319 e. The summed E-state index contributed by atoms with van der Waals surface area (Å²) in [5.41, 5.74) is 1.47. The van der Waals surface area contributed by atoms with Crippen molar-refractivity contribution in [1.82, 2.24) is 4.98 Å². The van der Waals surface area contributed by atoms with Crippen molar-refractivity contribution in [1.29, 1.82) is 0 Å². The number of pyridine rings is 1. The van der Waals surface area contributed by atoms with Crippen molar-refractivity contribution in [3.8, 4) is 0 Å². The van der Waals surface area contributed by atoms with E-state index >= 15 is 0 Å². The number of aryl methyl sites for hydroxylation is 1. The van der Waals surface area contributed by atoms with Crippen molar-refractivity contribution in [2.75, 3.05) is 5.32 Å². The number of amides is 1. The van der Waals surface area contributed by atoms with E-state index in [0.29, 0.717) is 10.2 Å². The van der Waals surface area contributed by atoms with E-state index in [2.05, 4.69) is 26.2 Å². The summed E-state index contributed by atoms with van der Waals surface area (Å²) in [5.74, 6) is -0.829. The maximum Gasteiger partial charge on any atom is 0.255 e. The molecule has 2 rings (SSSR count). The Balaban J connectivity index is 2.24. The standard InChI is InChI=1S/C13H10BrFN2O/c1-8-2-3-10(15)11(6-8)17-13(18)9-4-5-16-12(14)7-9/h2-7H,1H3,(H,17,18). The summed E-state index contributed by atoms with van der Waals surface area (Å²) in [6.07, 6.45) is 1.51. The SMILES string of the molecule is Cc1ccc(F)c(NC(=O)c2ccnc(Br)c2)c1. The smallest absolute Gasteiger partial charge is 0.255 e. The second-order valence-electron chi connectivity index (χ2n) is 3.80. The molecule has 0 bridgehead atoms. The molecule has 0 saturated carbocycles. The largest absolute Gasteiger partial charge is 0.319 e. The van der Waals surface area contributed by atoms with Crippen LogP contribution in [0.1, 0.15) is 15.9 Å². The molecular formula is C13H10BrFN2O. The second kappa shape index (κ2) is 5.27. The van der Waals surface area contributed by atoms with Gasteiger partial charge in [-0.1, -0.05) is 6.07 Å². The highest BCUT2D eigenvalue weighted by atomic mass is 79.9. The molecule has 5 heteroatoms. The van der Waals surface area contributed by atoms with Gasteiger partial charge in [0.1, 0.15) is 10.4 Å². The van der Waals surface area contributed by atoms with E-state index in [0.717, 1.165) is 5.56 Å². The number of halogens is 2. The number of nitrogens with zero attached hydrogens (tertiary/aromatic N) is 1. The van der Waals surface area contributed by atoms with Crippen LogP contribution in [0.25, 0.3) is 0 Å². The lowest BCUT2D eigenvalue weighted by Crippen LogP contribution is -2.13. The van der Waals surface area contributed by atoms with Crippen LogP contribution >= 0.6 is 15.9 Å². The Hall–Kier alpha value is -1.75. The summed E-state index contributed by atoms with van der Waals surface area (Å²) in [7, 11) is 0. The number of nitrogens with one attached hydrogen (secondary N) is 1. The van der Waals surface area contributed by atoms with Gasteiger partial charge in [-0.2, -0.15) is 0 Å². The molecule has 18 heavy (non-hydrogen) atoms. The number of benzene rings is 1. The minimum atomic E-state index is -0.456. The molecule has 3 nitrogen and oxygen atoms in total. The predicted octanol–water partition coefficient (Wildman–Crippen LogP) is 3.54. The molecule has 1 amide bonds. The summed E-state index contributed by atoms with van der Waals surface area (Å²) in [6.45, 7) is 1.83. The van der Waals surface area contributed by atoms with Crippen molar-refractivity contribution in [2.45, 2.75) is 6.92 Å². The maximum absolute atomic E-state index is 13.5. The number of anilines is 1. The van der Waals surface area contributed by atoms with E-state index in [9.17, 15) is 9.18 Å². The van der Waals surface area contributed by atoms with Crippen LogP contribution in [0, 0.1) is 12.7 Å². The molecule has 2 aromatic rings. The van der Waals surface area contributed by atoms with Crippen molar-refractivity contribution < 1.29 is 9.18 Å². The van der Waals surface area contributed by atoms with Gasteiger partial charge in [-0.15, -0.1) is 0 Å². The molecule has 92 valence electrons. The zero-order valence-electron chi connectivity index (χ0n) is 9.58. The summed E-state index contributed by atoms with van der Waals surface area (Å²) in [6, 6.07) is 7.70.